The third-order valence-corrected chi connectivity index (χ3v) is 3.54. The zero-order valence-corrected chi connectivity index (χ0v) is 9.38. The molecule has 0 bridgehead atoms. The molecular formula is C11H13F2NOS. The van der Waals surface area contributed by atoms with Gasteiger partial charge in [-0.05, 0) is 30.5 Å². The minimum atomic E-state index is -2.42. The summed E-state index contributed by atoms with van der Waals surface area (Å²) in [6.45, 7) is 0. The van der Waals surface area contributed by atoms with Crippen molar-refractivity contribution in [3.05, 3.63) is 29.8 Å². The number of hydrogen-bond acceptors (Lipinski definition) is 3. The predicted molar refractivity (Wildman–Crippen MR) is 59.4 cm³/mol. The minimum Gasteiger partial charge on any atom is -0.393 e. The van der Waals surface area contributed by atoms with E-state index in [4.69, 9.17) is 5.73 Å². The van der Waals surface area contributed by atoms with Gasteiger partial charge in [0.1, 0.15) is 0 Å². The molecule has 3 N–H and O–H groups in total. The average Bonchev–Trinajstić information content (AvgIpc) is 2.15. The van der Waals surface area contributed by atoms with Crippen LogP contribution in [0.15, 0.2) is 29.2 Å². The molecule has 0 aliphatic heterocycles. The zero-order valence-electron chi connectivity index (χ0n) is 8.57. The van der Waals surface area contributed by atoms with E-state index in [9.17, 15) is 13.9 Å². The van der Waals surface area contributed by atoms with Gasteiger partial charge in [0.2, 0.25) is 0 Å². The Labute approximate surface area is 96.8 Å². The monoisotopic (exact) mass is 245 g/mol. The molecule has 2 rings (SSSR count). The fraction of sp³-hybridized carbons (Fsp3) is 0.455. The van der Waals surface area contributed by atoms with E-state index in [1.54, 1.807) is 18.2 Å². The van der Waals surface area contributed by atoms with Crippen molar-refractivity contribution in [1.29, 1.82) is 0 Å². The van der Waals surface area contributed by atoms with Crippen LogP contribution in [-0.2, 0) is 5.54 Å². The van der Waals surface area contributed by atoms with Gasteiger partial charge in [-0.25, -0.2) is 0 Å². The van der Waals surface area contributed by atoms with Crippen molar-refractivity contribution in [3.63, 3.8) is 0 Å². The Morgan fingerprint density at radius 2 is 2.12 bits per heavy atom. The number of halogens is 2. The minimum absolute atomic E-state index is 0.364. The van der Waals surface area contributed by atoms with Crippen molar-refractivity contribution in [2.75, 3.05) is 0 Å². The van der Waals surface area contributed by atoms with Crippen LogP contribution < -0.4 is 5.73 Å². The van der Waals surface area contributed by atoms with Crippen LogP contribution in [-0.4, -0.2) is 17.0 Å². The Bertz CT molecular complexity index is 380. The number of rotatable bonds is 3. The van der Waals surface area contributed by atoms with Crippen LogP contribution in [0.25, 0.3) is 0 Å². The van der Waals surface area contributed by atoms with Gasteiger partial charge in [-0.15, -0.1) is 0 Å². The summed E-state index contributed by atoms with van der Waals surface area (Å²) in [6, 6.07) is 6.86. The molecule has 5 heteroatoms. The summed E-state index contributed by atoms with van der Waals surface area (Å²) < 4.78 is 24.4. The first kappa shape index (κ1) is 11.8. The Morgan fingerprint density at radius 1 is 1.44 bits per heavy atom. The summed E-state index contributed by atoms with van der Waals surface area (Å²) in [5.41, 5.74) is 6.34. The number of aliphatic hydroxyl groups excluding tert-OH is 1. The highest BCUT2D eigenvalue weighted by Gasteiger charge is 2.41. The lowest BCUT2D eigenvalue weighted by Crippen LogP contribution is -2.51. The van der Waals surface area contributed by atoms with E-state index in [0.717, 1.165) is 5.56 Å². The standard InChI is InChI=1S/C11H13F2NOS/c12-10(13)16-9-3-1-2-7(4-9)11(14)5-8(15)6-11/h1-4,8,10,15H,5-6,14H2. The second kappa shape index (κ2) is 4.31. The molecule has 2 nitrogen and oxygen atoms in total. The summed E-state index contributed by atoms with van der Waals surface area (Å²) in [4.78, 5) is 0.513. The topological polar surface area (TPSA) is 46.2 Å². The second-order valence-corrected chi connectivity index (χ2v) is 5.19. The van der Waals surface area contributed by atoms with Crippen molar-refractivity contribution in [1.82, 2.24) is 0 Å². The second-order valence-electron chi connectivity index (χ2n) is 4.12. The Kier molecular flexibility index (Phi) is 3.19. The number of hydrogen-bond donors (Lipinski definition) is 2. The number of nitrogens with two attached hydrogens (primary N) is 1. The smallest absolute Gasteiger partial charge is 0.288 e. The molecular weight excluding hydrogens is 232 g/mol. The largest absolute Gasteiger partial charge is 0.393 e. The fourth-order valence-corrected chi connectivity index (χ4v) is 2.56. The highest BCUT2D eigenvalue weighted by molar-refractivity contribution is 7.99. The number of thioether (sulfide) groups is 1. The highest BCUT2D eigenvalue weighted by atomic mass is 32.2. The van der Waals surface area contributed by atoms with Gasteiger partial charge in [0, 0.05) is 10.4 Å². The summed E-state index contributed by atoms with van der Waals surface area (Å²) in [7, 11) is 0. The van der Waals surface area contributed by atoms with E-state index < -0.39 is 11.3 Å². The van der Waals surface area contributed by atoms with E-state index >= 15 is 0 Å². The molecule has 1 fully saturated rings. The van der Waals surface area contributed by atoms with Crippen molar-refractivity contribution < 1.29 is 13.9 Å². The molecule has 0 aromatic heterocycles. The van der Waals surface area contributed by atoms with Crippen molar-refractivity contribution in [3.8, 4) is 0 Å². The molecule has 0 atom stereocenters. The Hall–Kier alpha value is -0.650. The van der Waals surface area contributed by atoms with Crippen molar-refractivity contribution >= 4 is 11.8 Å². The van der Waals surface area contributed by atoms with Crippen LogP contribution in [0.1, 0.15) is 18.4 Å². The lowest BCUT2D eigenvalue weighted by Gasteiger charge is -2.42. The molecule has 1 saturated carbocycles. The van der Waals surface area contributed by atoms with Gasteiger partial charge in [-0.2, -0.15) is 8.78 Å². The summed E-state index contributed by atoms with van der Waals surface area (Å²) in [6.07, 6.45) is 0.627. The molecule has 0 heterocycles. The first-order valence-corrected chi connectivity index (χ1v) is 5.90. The van der Waals surface area contributed by atoms with Gasteiger partial charge in [0.15, 0.2) is 0 Å². The maximum absolute atomic E-state index is 12.2. The maximum atomic E-state index is 12.2. The first-order valence-electron chi connectivity index (χ1n) is 5.02. The predicted octanol–water partition coefficient (Wildman–Crippen LogP) is 2.31. The van der Waals surface area contributed by atoms with Crippen LogP contribution in [0.2, 0.25) is 0 Å². The summed E-state index contributed by atoms with van der Waals surface area (Å²) in [5, 5.41) is 9.25. The fourth-order valence-electron chi connectivity index (χ4n) is 2.00. The van der Waals surface area contributed by atoms with E-state index in [0.29, 0.717) is 29.5 Å². The zero-order chi connectivity index (χ0) is 11.8. The van der Waals surface area contributed by atoms with Crippen LogP contribution in [0.3, 0.4) is 0 Å². The molecule has 0 unspecified atom stereocenters. The van der Waals surface area contributed by atoms with Crippen molar-refractivity contribution in [2.45, 2.75) is 35.1 Å². The number of alkyl halides is 2. The molecule has 16 heavy (non-hydrogen) atoms. The van der Waals surface area contributed by atoms with Gasteiger partial charge in [0.25, 0.3) is 5.76 Å². The van der Waals surface area contributed by atoms with E-state index in [1.165, 1.54) is 0 Å². The molecule has 1 aliphatic rings. The van der Waals surface area contributed by atoms with Gasteiger partial charge in [0.05, 0.1) is 6.10 Å². The summed E-state index contributed by atoms with van der Waals surface area (Å²) in [5.74, 6) is -2.42. The van der Waals surface area contributed by atoms with Crippen LogP contribution in [0.5, 0.6) is 0 Å². The summed E-state index contributed by atoms with van der Waals surface area (Å²) >= 11 is 0.513. The number of aliphatic hydroxyl groups is 1. The van der Waals surface area contributed by atoms with Gasteiger partial charge in [-0.1, -0.05) is 23.9 Å². The molecule has 1 aromatic carbocycles. The third kappa shape index (κ3) is 2.36. The average molecular weight is 245 g/mol. The molecule has 0 radical (unpaired) electrons. The molecule has 1 aromatic rings. The molecule has 0 spiro atoms. The molecule has 88 valence electrons. The third-order valence-electron chi connectivity index (χ3n) is 2.83. The SMILES string of the molecule is NC1(c2cccc(SC(F)F)c2)CC(O)C1. The van der Waals surface area contributed by atoms with E-state index in [2.05, 4.69) is 0 Å². The quantitative estimate of drug-likeness (QED) is 0.803. The van der Waals surface area contributed by atoms with E-state index in [-0.39, 0.29) is 6.10 Å². The Morgan fingerprint density at radius 3 is 2.69 bits per heavy atom. The first-order chi connectivity index (χ1) is 7.49. The van der Waals surface area contributed by atoms with E-state index in [1.807, 2.05) is 6.07 Å². The van der Waals surface area contributed by atoms with Crippen LogP contribution >= 0.6 is 11.8 Å². The lowest BCUT2D eigenvalue weighted by atomic mass is 9.71. The number of benzene rings is 1. The molecule has 0 saturated heterocycles. The Balaban J connectivity index is 2.16. The van der Waals surface area contributed by atoms with Crippen molar-refractivity contribution in [2.24, 2.45) is 5.73 Å². The normalized spacial score (nSPS) is 29.2. The maximum Gasteiger partial charge on any atom is 0.288 e. The van der Waals surface area contributed by atoms with Gasteiger partial charge < -0.3 is 10.8 Å². The molecule has 0 amide bonds. The van der Waals surface area contributed by atoms with Crippen LogP contribution in [0.4, 0.5) is 8.78 Å². The highest BCUT2D eigenvalue weighted by Crippen LogP contribution is 2.40. The van der Waals surface area contributed by atoms with Crippen LogP contribution in [0, 0.1) is 0 Å². The lowest BCUT2D eigenvalue weighted by molar-refractivity contribution is 0.0208. The van der Waals surface area contributed by atoms with Gasteiger partial charge in [-0.3, -0.25) is 0 Å². The molecule has 1 aliphatic carbocycles. The van der Waals surface area contributed by atoms with Gasteiger partial charge >= 0.3 is 0 Å².